The van der Waals surface area contributed by atoms with Gasteiger partial charge in [0, 0.05) is 30.7 Å². The minimum absolute atomic E-state index is 0.00840. The molecule has 1 saturated heterocycles. The number of anilines is 1. The summed E-state index contributed by atoms with van der Waals surface area (Å²) in [7, 11) is 0. The minimum atomic E-state index is -0.504. The van der Waals surface area contributed by atoms with Gasteiger partial charge in [-0.15, -0.1) is 0 Å². The number of nitrogens with zero attached hydrogens (tertiary/aromatic N) is 4. The van der Waals surface area contributed by atoms with Gasteiger partial charge in [-0.2, -0.15) is 10.1 Å². The fourth-order valence-electron chi connectivity index (χ4n) is 3.70. The van der Waals surface area contributed by atoms with Gasteiger partial charge in [-0.1, -0.05) is 48.0 Å². The number of nitrogens with one attached hydrogen (secondary N) is 2. The molecule has 0 bridgehead atoms. The van der Waals surface area contributed by atoms with E-state index in [1.807, 2.05) is 32.9 Å². The summed E-state index contributed by atoms with van der Waals surface area (Å²) >= 11 is 13.9. The van der Waals surface area contributed by atoms with Crippen LogP contribution in [0.5, 0.6) is 0 Å². The first kappa shape index (κ1) is 24.9. The summed E-state index contributed by atoms with van der Waals surface area (Å²) in [6.45, 7) is 9.93. The van der Waals surface area contributed by atoms with Crippen LogP contribution in [0, 0.1) is 5.41 Å². The summed E-state index contributed by atoms with van der Waals surface area (Å²) in [5, 5.41) is 12.9. The van der Waals surface area contributed by atoms with Crippen molar-refractivity contribution < 1.29 is 9.53 Å². The fraction of sp³-hybridized carbons (Fsp3) is 0.478. The first-order chi connectivity index (χ1) is 16.0. The van der Waals surface area contributed by atoms with E-state index in [1.165, 1.54) is 11.8 Å². The summed E-state index contributed by atoms with van der Waals surface area (Å²) in [6.07, 6.45) is 3.22. The van der Waals surface area contributed by atoms with Crippen LogP contribution in [0.2, 0.25) is 10.0 Å². The summed E-state index contributed by atoms with van der Waals surface area (Å²) in [5.74, 6) is 0.663. The Kier molecular flexibility index (Phi) is 7.17. The maximum absolute atomic E-state index is 12.0. The number of aromatic amines is 1. The van der Waals surface area contributed by atoms with Crippen LogP contribution in [0.1, 0.15) is 40.5 Å². The predicted molar refractivity (Wildman–Crippen MR) is 136 cm³/mol. The van der Waals surface area contributed by atoms with E-state index in [0.717, 1.165) is 41.2 Å². The zero-order valence-corrected chi connectivity index (χ0v) is 21.9. The molecule has 1 aromatic carbocycles. The van der Waals surface area contributed by atoms with E-state index in [0.29, 0.717) is 28.2 Å². The largest absolute Gasteiger partial charge is 0.444 e. The maximum Gasteiger partial charge on any atom is 0.407 e. The van der Waals surface area contributed by atoms with E-state index in [9.17, 15) is 4.79 Å². The lowest BCUT2D eigenvalue weighted by Crippen LogP contribution is -2.46. The van der Waals surface area contributed by atoms with Crippen molar-refractivity contribution in [3.8, 4) is 0 Å². The van der Waals surface area contributed by atoms with Gasteiger partial charge in [0.05, 0.1) is 15.4 Å². The molecule has 0 saturated carbocycles. The number of amides is 1. The molecule has 0 spiro atoms. The summed E-state index contributed by atoms with van der Waals surface area (Å²) < 4.78 is 5.35. The number of piperidine rings is 1. The van der Waals surface area contributed by atoms with E-state index in [1.54, 1.807) is 12.3 Å². The molecule has 0 unspecified atom stereocenters. The molecule has 11 heteroatoms. The number of alkyl carbamates (subject to hydrolysis) is 1. The van der Waals surface area contributed by atoms with E-state index in [-0.39, 0.29) is 11.5 Å². The normalized spacial score (nSPS) is 16.0. The lowest BCUT2D eigenvalue weighted by molar-refractivity contribution is 0.0495. The first-order valence-electron chi connectivity index (χ1n) is 11.1. The zero-order chi connectivity index (χ0) is 24.5. The van der Waals surface area contributed by atoms with Gasteiger partial charge in [0.1, 0.15) is 10.6 Å². The van der Waals surface area contributed by atoms with Crippen LogP contribution in [-0.2, 0) is 4.74 Å². The molecule has 1 amide bonds. The summed E-state index contributed by atoms with van der Waals surface area (Å²) in [6, 6.07) is 5.51. The molecule has 182 valence electrons. The van der Waals surface area contributed by atoms with Crippen LogP contribution in [-0.4, -0.2) is 51.5 Å². The van der Waals surface area contributed by atoms with Crippen molar-refractivity contribution in [1.82, 2.24) is 25.5 Å². The molecule has 3 aromatic rings. The van der Waals surface area contributed by atoms with Crippen LogP contribution in [0.3, 0.4) is 0 Å². The van der Waals surface area contributed by atoms with Crippen LogP contribution in [0.25, 0.3) is 11.0 Å². The number of carbonyl (C=O) groups excluding carboxylic acids is 1. The van der Waals surface area contributed by atoms with Gasteiger partial charge in [-0.05, 0) is 51.2 Å². The highest BCUT2D eigenvalue weighted by Gasteiger charge is 2.32. The van der Waals surface area contributed by atoms with Gasteiger partial charge < -0.3 is 15.0 Å². The number of aromatic nitrogens is 4. The molecule has 4 rings (SSSR count). The Labute approximate surface area is 213 Å². The molecule has 1 aliphatic rings. The monoisotopic (exact) mass is 522 g/mol. The molecule has 0 aliphatic carbocycles. The van der Waals surface area contributed by atoms with Crippen molar-refractivity contribution in [1.29, 1.82) is 0 Å². The van der Waals surface area contributed by atoms with Crippen molar-refractivity contribution in [2.75, 3.05) is 24.5 Å². The topological polar surface area (TPSA) is 96.0 Å². The molecule has 0 atom stereocenters. The smallest absolute Gasteiger partial charge is 0.407 e. The summed E-state index contributed by atoms with van der Waals surface area (Å²) in [5.41, 5.74) is 0.159. The molecule has 34 heavy (non-hydrogen) atoms. The number of carbonyl (C=O) groups is 1. The number of ether oxygens (including phenoxy) is 1. The van der Waals surface area contributed by atoms with Gasteiger partial charge in [-0.3, -0.25) is 5.10 Å². The van der Waals surface area contributed by atoms with Crippen molar-refractivity contribution in [2.24, 2.45) is 5.41 Å². The average Bonchev–Trinajstić information content (AvgIpc) is 3.17. The third kappa shape index (κ3) is 5.87. The van der Waals surface area contributed by atoms with Gasteiger partial charge in [0.15, 0.2) is 5.65 Å². The number of hydrogen-bond donors (Lipinski definition) is 2. The van der Waals surface area contributed by atoms with Crippen LogP contribution < -0.4 is 10.2 Å². The SMILES string of the molecule is CC1(CNC(=O)OC(C)(C)C)CCN(c2ncc3c(Sc4cccc(Cl)c4Cl)n[nH]c3n2)CC1. The molecule has 2 aromatic heterocycles. The van der Waals surface area contributed by atoms with E-state index in [4.69, 9.17) is 32.9 Å². The highest BCUT2D eigenvalue weighted by Crippen LogP contribution is 2.39. The second kappa shape index (κ2) is 9.79. The fourth-order valence-corrected chi connectivity index (χ4v) is 5.08. The minimum Gasteiger partial charge on any atom is -0.444 e. The van der Waals surface area contributed by atoms with Gasteiger partial charge in [0.25, 0.3) is 0 Å². The molecule has 3 heterocycles. The van der Waals surface area contributed by atoms with Crippen molar-refractivity contribution in [3.63, 3.8) is 0 Å². The Hall–Kier alpha value is -2.23. The van der Waals surface area contributed by atoms with Crippen molar-refractivity contribution in [2.45, 2.75) is 56.1 Å². The van der Waals surface area contributed by atoms with Crippen molar-refractivity contribution >= 4 is 58.0 Å². The quantitative estimate of drug-likeness (QED) is 0.427. The molecule has 0 radical (unpaired) electrons. The molecule has 1 fully saturated rings. The van der Waals surface area contributed by atoms with E-state index >= 15 is 0 Å². The Morgan fingerprint density at radius 2 is 2.03 bits per heavy atom. The third-order valence-electron chi connectivity index (χ3n) is 5.70. The van der Waals surface area contributed by atoms with Crippen LogP contribution >= 0.6 is 35.0 Å². The van der Waals surface area contributed by atoms with Crippen LogP contribution in [0.15, 0.2) is 34.3 Å². The molecular weight excluding hydrogens is 495 g/mol. The van der Waals surface area contributed by atoms with Gasteiger partial charge >= 0.3 is 6.09 Å². The highest BCUT2D eigenvalue weighted by molar-refractivity contribution is 7.99. The number of benzene rings is 1. The lowest BCUT2D eigenvalue weighted by Gasteiger charge is -2.39. The van der Waals surface area contributed by atoms with Crippen LogP contribution in [0.4, 0.5) is 10.7 Å². The Morgan fingerprint density at radius 3 is 2.74 bits per heavy atom. The van der Waals surface area contributed by atoms with Gasteiger partial charge in [-0.25, -0.2) is 9.78 Å². The maximum atomic E-state index is 12.0. The molecule has 2 N–H and O–H groups in total. The number of halogens is 2. The second-order valence-corrected chi connectivity index (χ2v) is 11.6. The van der Waals surface area contributed by atoms with E-state index < -0.39 is 5.60 Å². The number of fused-ring (bicyclic) bond motifs is 1. The highest BCUT2D eigenvalue weighted by atomic mass is 35.5. The average molecular weight is 523 g/mol. The third-order valence-corrected chi connectivity index (χ3v) is 7.70. The van der Waals surface area contributed by atoms with Crippen molar-refractivity contribution in [3.05, 3.63) is 34.4 Å². The first-order valence-corrected chi connectivity index (χ1v) is 12.7. The van der Waals surface area contributed by atoms with E-state index in [2.05, 4.69) is 32.3 Å². The number of rotatable bonds is 5. The Morgan fingerprint density at radius 1 is 1.29 bits per heavy atom. The molecular formula is C23H28Cl2N6O2S. The van der Waals surface area contributed by atoms with Gasteiger partial charge in [0.2, 0.25) is 5.95 Å². The zero-order valence-electron chi connectivity index (χ0n) is 19.6. The second-order valence-electron chi connectivity index (χ2n) is 9.77. The molecule has 8 nitrogen and oxygen atoms in total. The standard InChI is InChI=1S/C23H28Cl2N6O2S/c1-22(2,3)33-21(32)27-13-23(4)8-10-31(11-9-23)20-26-12-14-18(28-20)29-30-19(14)34-16-7-5-6-15(24)17(16)25/h5-7,12H,8-11,13H2,1-4H3,(H,27,32)(H,26,28,29,30). The number of hydrogen-bond acceptors (Lipinski definition) is 7. The lowest BCUT2D eigenvalue weighted by atomic mass is 9.80. The number of H-pyrrole nitrogens is 1. The molecule has 1 aliphatic heterocycles. The Balaban J connectivity index is 1.38. The summed E-state index contributed by atoms with van der Waals surface area (Å²) in [4.78, 5) is 24.3. The Bertz CT molecular complexity index is 1190. The predicted octanol–water partition coefficient (Wildman–Crippen LogP) is 5.94.